The zero-order chi connectivity index (χ0) is 9.54. The quantitative estimate of drug-likeness (QED) is 0.824. The minimum atomic E-state index is 0.764. The molecule has 2 unspecified atom stereocenters. The van der Waals surface area contributed by atoms with Crippen LogP contribution in [0.15, 0.2) is 0 Å². The molecule has 0 aliphatic heterocycles. The highest BCUT2D eigenvalue weighted by molar-refractivity contribution is 7.05. The monoisotopic (exact) mass is 209 g/mol. The third kappa shape index (κ3) is 1.57. The van der Waals surface area contributed by atoms with Gasteiger partial charge in [-0.25, -0.2) is 0 Å². The summed E-state index contributed by atoms with van der Waals surface area (Å²) >= 11 is 1.52. The molecule has 2 fully saturated rings. The normalized spacial score (nSPS) is 34.5. The van der Waals surface area contributed by atoms with E-state index in [0.29, 0.717) is 0 Å². The molecule has 0 aromatic carbocycles. The Hall–Kier alpha value is -0.480. The van der Waals surface area contributed by atoms with E-state index in [9.17, 15) is 0 Å². The average Bonchev–Trinajstić information content (AvgIpc) is 2.61. The van der Waals surface area contributed by atoms with Gasteiger partial charge in [-0.05, 0) is 49.6 Å². The maximum atomic E-state index is 4.01. The first-order valence-electron chi connectivity index (χ1n) is 5.34. The molecule has 1 aromatic rings. The number of fused-ring (bicyclic) bond motifs is 1. The fraction of sp³-hybridized carbons (Fsp3) is 0.800. The highest BCUT2D eigenvalue weighted by atomic mass is 32.1. The predicted octanol–water partition coefficient (Wildman–Crippen LogP) is 1.73. The topological polar surface area (TPSA) is 37.8 Å². The first kappa shape index (κ1) is 8.80. The van der Waals surface area contributed by atoms with Crippen LogP contribution in [0.1, 0.15) is 29.8 Å². The van der Waals surface area contributed by atoms with Crippen molar-refractivity contribution in [2.75, 3.05) is 0 Å². The Balaban J connectivity index is 1.52. The lowest BCUT2D eigenvalue weighted by Crippen LogP contribution is -2.26. The van der Waals surface area contributed by atoms with E-state index in [1.54, 1.807) is 0 Å². The summed E-state index contributed by atoms with van der Waals surface area (Å²) in [7, 11) is 0. The SMILES string of the molecule is Cc1nnsc1CNC1CC2CC2C1. The van der Waals surface area contributed by atoms with Crippen molar-refractivity contribution in [1.82, 2.24) is 14.9 Å². The molecule has 2 atom stereocenters. The van der Waals surface area contributed by atoms with Gasteiger partial charge in [-0.15, -0.1) is 5.10 Å². The summed E-state index contributed by atoms with van der Waals surface area (Å²) < 4.78 is 3.94. The van der Waals surface area contributed by atoms with Crippen LogP contribution in [0.25, 0.3) is 0 Å². The van der Waals surface area contributed by atoms with E-state index in [4.69, 9.17) is 0 Å². The zero-order valence-electron chi connectivity index (χ0n) is 8.36. The van der Waals surface area contributed by atoms with Gasteiger partial charge in [0.1, 0.15) is 0 Å². The first-order chi connectivity index (χ1) is 6.83. The molecule has 4 heteroatoms. The van der Waals surface area contributed by atoms with Gasteiger partial charge in [0, 0.05) is 12.6 Å². The molecule has 3 rings (SSSR count). The number of rotatable bonds is 3. The standard InChI is InChI=1S/C10H15N3S/c1-6-10(14-13-12-6)5-11-9-3-7-2-8(7)4-9/h7-9,11H,2-5H2,1H3. The van der Waals surface area contributed by atoms with Gasteiger partial charge in [-0.1, -0.05) is 4.49 Å². The van der Waals surface area contributed by atoms with Crippen LogP contribution in [0.3, 0.4) is 0 Å². The van der Waals surface area contributed by atoms with Crippen molar-refractivity contribution in [3.63, 3.8) is 0 Å². The molecule has 1 N–H and O–H groups in total. The second-order valence-corrected chi connectivity index (χ2v) is 5.43. The van der Waals surface area contributed by atoms with Crippen molar-refractivity contribution in [3.05, 3.63) is 10.6 Å². The van der Waals surface area contributed by atoms with Gasteiger partial charge in [0.05, 0.1) is 10.6 Å². The van der Waals surface area contributed by atoms with Crippen molar-refractivity contribution in [1.29, 1.82) is 0 Å². The van der Waals surface area contributed by atoms with Gasteiger partial charge < -0.3 is 5.32 Å². The third-order valence-corrected chi connectivity index (χ3v) is 4.36. The van der Waals surface area contributed by atoms with E-state index in [1.807, 2.05) is 6.92 Å². The second-order valence-electron chi connectivity index (χ2n) is 4.59. The number of aryl methyl sites for hydroxylation is 1. The number of hydrogen-bond donors (Lipinski definition) is 1. The van der Waals surface area contributed by atoms with Gasteiger partial charge in [0.25, 0.3) is 0 Å². The van der Waals surface area contributed by atoms with Crippen LogP contribution >= 0.6 is 11.5 Å². The Morgan fingerprint density at radius 2 is 2.14 bits per heavy atom. The van der Waals surface area contributed by atoms with Crippen LogP contribution < -0.4 is 5.32 Å². The summed E-state index contributed by atoms with van der Waals surface area (Å²) in [6.45, 7) is 3.00. The Kier molecular flexibility index (Phi) is 2.06. The second kappa shape index (κ2) is 3.28. The Morgan fingerprint density at radius 3 is 2.79 bits per heavy atom. The van der Waals surface area contributed by atoms with Crippen LogP contribution in [0, 0.1) is 18.8 Å². The summed E-state index contributed by atoms with van der Waals surface area (Å²) in [4.78, 5) is 1.30. The molecule has 0 amide bonds. The van der Waals surface area contributed by atoms with Gasteiger partial charge in [-0.2, -0.15) is 0 Å². The lowest BCUT2D eigenvalue weighted by Gasteiger charge is -2.12. The molecular weight excluding hydrogens is 194 g/mol. The number of hydrogen-bond acceptors (Lipinski definition) is 4. The minimum Gasteiger partial charge on any atom is -0.309 e. The van der Waals surface area contributed by atoms with Gasteiger partial charge in [0.2, 0.25) is 0 Å². The molecule has 0 saturated heterocycles. The lowest BCUT2D eigenvalue weighted by molar-refractivity contribution is 0.482. The van der Waals surface area contributed by atoms with E-state index in [-0.39, 0.29) is 0 Å². The van der Waals surface area contributed by atoms with Crippen molar-refractivity contribution in [2.45, 2.75) is 38.8 Å². The number of nitrogens with one attached hydrogen (secondary N) is 1. The maximum Gasteiger partial charge on any atom is 0.0769 e. The third-order valence-electron chi connectivity index (χ3n) is 3.54. The Bertz CT molecular complexity index is 326. The predicted molar refractivity (Wildman–Crippen MR) is 56.1 cm³/mol. The molecule has 0 radical (unpaired) electrons. The van der Waals surface area contributed by atoms with Crippen LogP contribution in [0.5, 0.6) is 0 Å². The van der Waals surface area contributed by atoms with Crippen LogP contribution in [0.4, 0.5) is 0 Å². The van der Waals surface area contributed by atoms with Crippen LogP contribution in [0.2, 0.25) is 0 Å². The van der Waals surface area contributed by atoms with Gasteiger partial charge in [0.15, 0.2) is 0 Å². The summed E-state index contributed by atoms with van der Waals surface area (Å²) in [6.07, 6.45) is 4.30. The lowest BCUT2D eigenvalue weighted by atomic mass is 10.1. The molecule has 3 nitrogen and oxygen atoms in total. The molecule has 0 bridgehead atoms. The van der Waals surface area contributed by atoms with E-state index in [0.717, 1.165) is 30.1 Å². The highest BCUT2D eigenvalue weighted by Crippen LogP contribution is 2.51. The molecule has 2 saturated carbocycles. The molecule has 0 spiro atoms. The maximum absolute atomic E-state index is 4.01. The highest BCUT2D eigenvalue weighted by Gasteiger charge is 2.45. The Morgan fingerprint density at radius 1 is 1.36 bits per heavy atom. The van der Waals surface area contributed by atoms with Gasteiger partial charge in [-0.3, -0.25) is 0 Å². The minimum absolute atomic E-state index is 0.764. The molecule has 76 valence electrons. The van der Waals surface area contributed by atoms with Crippen LogP contribution in [-0.4, -0.2) is 15.6 Å². The van der Waals surface area contributed by atoms with E-state index >= 15 is 0 Å². The Labute approximate surface area is 88.1 Å². The fourth-order valence-corrected chi connectivity index (χ4v) is 3.11. The van der Waals surface area contributed by atoms with E-state index in [1.165, 1.54) is 35.7 Å². The fourth-order valence-electron chi connectivity index (χ4n) is 2.53. The van der Waals surface area contributed by atoms with E-state index in [2.05, 4.69) is 14.9 Å². The largest absolute Gasteiger partial charge is 0.309 e. The van der Waals surface area contributed by atoms with Gasteiger partial charge >= 0.3 is 0 Å². The molecular formula is C10H15N3S. The molecule has 1 heterocycles. The summed E-state index contributed by atoms with van der Waals surface area (Å²) in [5, 5.41) is 7.63. The summed E-state index contributed by atoms with van der Waals surface area (Å²) in [5.41, 5.74) is 1.09. The first-order valence-corrected chi connectivity index (χ1v) is 6.11. The number of nitrogens with zero attached hydrogens (tertiary/aromatic N) is 2. The van der Waals surface area contributed by atoms with E-state index < -0.39 is 0 Å². The molecule has 2 aliphatic rings. The number of aromatic nitrogens is 2. The van der Waals surface area contributed by atoms with Crippen molar-refractivity contribution >= 4 is 11.5 Å². The van der Waals surface area contributed by atoms with Crippen LogP contribution in [-0.2, 0) is 6.54 Å². The van der Waals surface area contributed by atoms with Crippen molar-refractivity contribution < 1.29 is 0 Å². The summed E-state index contributed by atoms with van der Waals surface area (Å²) in [5.74, 6) is 2.13. The smallest absolute Gasteiger partial charge is 0.0769 e. The summed E-state index contributed by atoms with van der Waals surface area (Å²) in [6, 6.07) is 0.764. The zero-order valence-corrected chi connectivity index (χ0v) is 9.18. The molecule has 2 aliphatic carbocycles. The van der Waals surface area contributed by atoms with Crippen molar-refractivity contribution in [2.24, 2.45) is 11.8 Å². The molecule has 1 aromatic heterocycles. The molecule has 14 heavy (non-hydrogen) atoms. The van der Waals surface area contributed by atoms with Crippen molar-refractivity contribution in [3.8, 4) is 0 Å². The average molecular weight is 209 g/mol.